The highest BCUT2D eigenvalue weighted by Crippen LogP contribution is 2.28. The van der Waals surface area contributed by atoms with E-state index in [-0.39, 0.29) is 5.28 Å². The summed E-state index contributed by atoms with van der Waals surface area (Å²) in [5.74, 6) is 3.16. The Hall–Kier alpha value is -1.20. The van der Waals surface area contributed by atoms with E-state index in [1.165, 1.54) is 17.2 Å². The van der Waals surface area contributed by atoms with Gasteiger partial charge in [-0.2, -0.15) is 11.8 Å². The van der Waals surface area contributed by atoms with Gasteiger partial charge in [0.05, 0.1) is 5.52 Å². The third kappa shape index (κ3) is 2.58. The molecule has 1 aromatic carbocycles. The summed E-state index contributed by atoms with van der Waals surface area (Å²) in [6, 6.07) is 6.27. The molecule has 6 heteroatoms. The summed E-state index contributed by atoms with van der Waals surface area (Å²) >= 11 is 7.93. The van der Waals surface area contributed by atoms with E-state index >= 15 is 0 Å². The fourth-order valence-corrected chi connectivity index (χ4v) is 3.38. The highest BCUT2D eigenvalue weighted by molar-refractivity contribution is 7.99. The maximum atomic E-state index is 5.92. The fraction of sp³-hybridized carbons (Fsp3) is 0.385. The normalized spacial score (nSPS) is 15.8. The second-order valence-electron chi connectivity index (χ2n) is 4.39. The number of nitrogens with zero attached hydrogens (tertiary/aromatic N) is 3. The molecule has 0 unspecified atom stereocenters. The van der Waals surface area contributed by atoms with Crippen molar-refractivity contribution in [2.75, 3.05) is 41.9 Å². The van der Waals surface area contributed by atoms with Gasteiger partial charge >= 0.3 is 0 Å². The smallest absolute Gasteiger partial charge is 0.224 e. The van der Waals surface area contributed by atoms with E-state index in [2.05, 4.69) is 32.3 Å². The van der Waals surface area contributed by atoms with Crippen LogP contribution in [0.25, 0.3) is 10.9 Å². The molecule has 0 aliphatic carbocycles. The molecule has 1 aliphatic rings. The van der Waals surface area contributed by atoms with Gasteiger partial charge < -0.3 is 10.2 Å². The van der Waals surface area contributed by atoms with Gasteiger partial charge in [0.1, 0.15) is 5.82 Å². The Kier molecular flexibility index (Phi) is 3.66. The second-order valence-corrected chi connectivity index (χ2v) is 5.95. The molecular weight excluding hydrogens is 280 g/mol. The van der Waals surface area contributed by atoms with Crippen LogP contribution in [0.4, 0.5) is 11.5 Å². The van der Waals surface area contributed by atoms with Crippen LogP contribution in [0.3, 0.4) is 0 Å². The third-order valence-corrected chi connectivity index (χ3v) is 4.38. The van der Waals surface area contributed by atoms with Crippen molar-refractivity contribution in [1.82, 2.24) is 9.97 Å². The monoisotopic (exact) mass is 294 g/mol. The quantitative estimate of drug-likeness (QED) is 0.863. The molecule has 1 saturated heterocycles. The number of hydrogen-bond acceptors (Lipinski definition) is 5. The summed E-state index contributed by atoms with van der Waals surface area (Å²) in [4.78, 5) is 10.9. The first-order chi connectivity index (χ1) is 9.28. The summed E-state index contributed by atoms with van der Waals surface area (Å²) in [6.07, 6.45) is 0. The first-order valence-electron chi connectivity index (χ1n) is 6.25. The van der Waals surface area contributed by atoms with Crippen molar-refractivity contribution in [1.29, 1.82) is 0 Å². The molecule has 0 bridgehead atoms. The number of anilines is 2. The van der Waals surface area contributed by atoms with Crippen molar-refractivity contribution in [3.8, 4) is 0 Å². The van der Waals surface area contributed by atoms with Crippen molar-refractivity contribution < 1.29 is 0 Å². The molecule has 1 aromatic heterocycles. The lowest BCUT2D eigenvalue weighted by molar-refractivity contribution is 0.859. The zero-order valence-corrected chi connectivity index (χ0v) is 12.3. The van der Waals surface area contributed by atoms with Gasteiger partial charge in [0, 0.05) is 42.7 Å². The Morgan fingerprint density at radius 3 is 2.79 bits per heavy atom. The summed E-state index contributed by atoms with van der Waals surface area (Å²) in [5, 5.41) is 4.38. The van der Waals surface area contributed by atoms with Crippen molar-refractivity contribution in [2.24, 2.45) is 0 Å². The molecule has 0 saturated carbocycles. The van der Waals surface area contributed by atoms with E-state index in [0.717, 1.165) is 29.8 Å². The van der Waals surface area contributed by atoms with Gasteiger partial charge in [-0.25, -0.2) is 9.97 Å². The molecule has 1 fully saturated rings. The third-order valence-electron chi connectivity index (χ3n) is 3.27. The van der Waals surface area contributed by atoms with Crippen molar-refractivity contribution in [3.05, 3.63) is 23.5 Å². The Labute approximate surface area is 121 Å². The topological polar surface area (TPSA) is 41.1 Å². The summed E-state index contributed by atoms with van der Waals surface area (Å²) in [7, 11) is 1.85. The molecule has 2 heterocycles. The summed E-state index contributed by atoms with van der Waals surface area (Å²) in [6.45, 7) is 2.19. The first-order valence-corrected chi connectivity index (χ1v) is 7.79. The second kappa shape index (κ2) is 5.43. The van der Waals surface area contributed by atoms with Crippen LogP contribution < -0.4 is 10.2 Å². The number of hydrogen-bond donors (Lipinski definition) is 1. The Bertz CT molecular complexity index is 598. The number of thioether (sulfide) groups is 1. The summed E-state index contributed by atoms with van der Waals surface area (Å²) in [5.41, 5.74) is 2.11. The van der Waals surface area contributed by atoms with Crippen molar-refractivity contribution >= 4 is 45.8 Å². The lowest BCUT2D eigenvalue weighted by Crippen LogP contribution is -2.32. The first kappa shape index (κ1) is 12.8. The van der Waals surface area contributed by atoms with Gasteiger partial charge in [-0.05, 0) is 29.8 Å². The largest absolute Gasteiger partial charge is 0.372 e. The van der Waals surface area contributed by atoms with Crippen LogP contribution in [0.1, 0.15) is 0 Å². The molecule has 1 aliphatic heterocycles. The number of fused-ring (bicyclic) bond motifs is 1. The van der Waals surface area contributed by atoms with E-state index in [1.54, 1.807) is 0 Å². The molecule has 0 amide bonds. The molecule has 0 radical (unpaired) electrons. The minimum Gasteiger partial charge on any atom is -0.372 e. The number of benzene rings is 1. The van der Waals surface area contributed by atoms with Crippen LogP contribution in [-0.2, 0) is 0 Å². The Morgan fingerprint density at radius 2 is 2.05 bits per heavy atom. The molecule has 0 spiro atoms. The average molecular weight is 295 g/mol. The molecule has 0 atom stereocenters. The van der Waals surface area contributed by atoms with Gasteiger partial charge in [0.15, 0.2) is 0 Å². The van der Waals surface area contributed by atoms with E-state index in [4.69, 9.17) is 11.6 Å². The molecule has 3 rings (SSSR count). The average Bonchev–Trinajstić information content (AvgIpc) is 2.46. The zero-order chi connectivity index (χ0) is 13.2. The number of aromatic nitrogens is 2. The number of nitrogens with one attached hydrogen (secondary N) is 1. The predicted molar refractivity (Wildman–Crippen MR) is 83.6 cm³/mol. The lowest BCUT2D eigenvalue weighted by atomic mass is 10.2. The number of halogens is 1. The van der Waals surface area contributed by atoms with Crippen LogP contribution in [-0.4, -0.2) is 41.6 Å². The van der Waals surface area contributed by atoms with Crippen molar-refractivity contribution in [3.63, 3.8) is 0 Å². The maximum absolute atomic E-state index is 5.92. The molecule has 19 heavy (non-hydrogen) atoms. The van der Waals surface area contributed by atoms with Gasteiger partial charge in [0.2, 0.25) is 5.28 Å². The Balaban J connectivity index is 2.06. The number of rotatable bonds is 2. The highest BCUT2D eigenvalue weighted by atomic mass is 35.5. The summed E-state index contributed by atoms with van der Waals surface area (Å²) < 4.78 is 0. The minimum absolute atomic E-state index is 0.277. The van der Waals surface area contributed by atoms with Gasteiger partial charge in [-0.1, -0.05) is 0 Å². The fourth-order valence-electron chi connectivity index (χ4n) is 2.30. The van der Waals surface area contributed by atoms with Gasteiger partial charge in [0.25, 0.3) is 0 Å². The van der Waals surface area contributed by atoms with Crippen LogP contribution in [0, 0.1) is 0 Å². The van der Waals surface area contributed by atoms with E-state index in [1.807, 2.05) is 24.9 Å². The maximum Gasteiger partial charge on any atom is 0.224 e. The predicted octanol–water partition coefficient (Wildman–Crippen LogP) is 2.88. The highest BCUT2D eigenvalue weighted by Gasteiger charge is 2.13. The molecule has 2 aromatic rings. The Morgan fingerprint density at radius 1 is 1.26 bits per heavy atom. The van der Waals surface area contributed by atoms with E-state index in [9.17, 15) is 0 Å². The van der Waals surface area contributed by atoms with Crippen LogP contribution in [0.5, 0.6) is 0 Å². The van der Waals surface area contributed by atoms with Crippen LogP contribution >= 0.6 is 23.4 Å². The molecule has 1 N–H and O–H groups in total. The standard InChI is InChI=1S/C13H15ClN4S/c1-15-12-10-8-9(18-4-6-19-7-5-18)2-3-11(10)16-13(14)17-12/h2-3,8H,4-7H2,1H3,(H,15,16,17). The minimum atomic E-state index is 0.277. The van der Waals surface area contributed by atoms with Crippen LogP contribution in [0.2, 0.25) is 5.28 Å². The molecular formula is C13H15ClN4S. The lowest BCUT2D eigenvalue weighted by Gasteiger charge is -2.28. The van der Waals surface area contributed by atoms with Gasteiger partial charge in [-0.15, -0.1) is 0 Å². The van der Waals surface area contributed by atoms with Crippen LogP contribution in [0.15, 0.2) is 18.2 Å². The van der Waals surface area contributed by atoms with Crippen molar-refractivity contribution in [2.45, 2.75) is 0 Å². The SMILES string of the molecule is CNc1nc(Cl)nc2ccc(N3CCSCC3)cc12. The van der Waals surface area contributed by atoms with E-state index < -0.39 is 0 Å². The molecule has 100 valence electrons. The zero-order valence-electron chi connectivity index (χ0n) is 10.7. The van der Waals surface area contributed by atoms with Gasteiger partial charge in [-0.3, -0.25) is 0 Å². The molecule has 4 nitrogen and oxygen atoms in total. The van der Waals surface area contributed by atoms with E-state index in [0.29, 0.717) is 0 Å².